The first kappa shape index (κ1) is 29.1. The molecule has 4 atom stereocenters. The summed E-state index contributed by atoms with van der Waals surface area (Å²) >= 11 is 3.83. The summed E-state index contributed by atoms with van der Waals surface area (Å²) in [7, 11) is 0. The molecule has 0 aliphatic rings. The van der Waals surface area contributed by atoms with Crippen molar-refractivity contribution in [2.45, 2.75) is 63.7 Å². The Morgan fingerprint density at radius 1 is 0.812 bits per heavy atom. The third-order valence-corrected chi connectivity index (χ3v) is 4.51. The lowest BCUT2D eigenvalue weighted by Gasteiger charge is -2.25. The number of aliphatic carboxylic acids is 3. The molecular weight excluding hydrogens is 448 g/mol. The van der Waals surface area contributed by atoms with Crippen molar-refractivity contribution in [3.8, 4) is 0 Å². The topological polar surface area (TPSA) is 225 Å². The van der Waals surface area contributed by atoms with Crippen LogP contribution in [0.1, 0.15) is 39.5 Å². The molecule has 0 radical (unpaired) electrons. The number of amides is 3. The van der Waals surface area contributed by atoms with E-state index in [4.69, 9.17) is 21.1 Å². The molecule has 0 aliphatic carbocycles. The molecule has 0 aromatic heterocycles. The molecule has 0 fully saturated rings. The highest BCUT2D eigenvalue weighted by Crippen LogP contribution is 2.08. The van der Waals surface area contributed by atoms with E-state index in [2.05, 4.69) is 28.6 Å². The molecule has 0 rings (SSSR count). The fraction of sp³-hybridized carbons (Fsp3) is 0.667. The molecule has 13 nitrogen and oxygen atoms in total. The molecular formula is C18H30N4O9S. The van der Waals surface area contributed by atoms with Gasteiger partial charge in [0.05, 0.1) is 12.5 Å². The van der Waals surface area contributed by atoms with Crippen LogP contribution in [0.3, 0.4) is 0 Å². The molecule has 3 amide bonds. The molecule has 0 spiro atoms. The Bertz CT molecular complexity index is 717. The first-order valence-corrected chi connectivity index (χ1v) is 10.4. The molecule has 0 aliphatic heterocycles. The molecule has 0 aromatic carbocycles. The lowest BCUT2D eigenvalue weighted by atomic mass is 10.0. The van der Waals surface area contributed by atoms with Crippen LogP contribution in [0.15, 0.2) is 0 Å². The summed E-state index contributed by atoms with van der Waals surface area (Å²) in [5, 5.41) is 33.5. The van der Waals surface area contributed by atoms with E-state index in [1.165, 1.54) is 0 Å². The van der Waals surface area contributed by atoms with E-state index in [0.717, 1.165) is 0 Å². The van der Waals surface area contributed by atoms with Crippen molar-refractivity contribution in [1.29, 1.82) is 0 Å². The Labute approximate surface area is 189 Å². The maximum atomic E-state index is 12.8. The second kappa shape index (κ2) is 14.2. The summed E-state index contributed by atoms with van der Waals surface area (Å²) in [6.07, 6.45) is -1.39. The molecule has 14 heteroatoms. The summed E-state index contributed by atoms with van der Waals surface area (Å²) in [6.45, 7) is 3.50. The van der Waals surface area contributed by atoms with Crippen LogP contribution in [-0.4, -0.2) is 80.9 Å². The molecule has 182 valence electrons. The van der Waals surface area contributed by atoms with Crippen molar-refractivity contribution in [2.75, 3.05) is 5.75 Å². The average Bonchev–Trinajstić information content (AvgIpc) is 2.66. The number of hydrogen-bond acceptors (Lipinski definition) is 8. The molecule has 0 heterocycles. The van der Waals surface area contributed by atoms with E-state index >= 15 is 0 Å². The van der Waals surface area contributed by atoms with Gasteiger partial charge >= 0.3 is 17.9 Å². The minimum atomic E-state index is -1.41. The number of carboxylic acids is 3. The Morgan fingerprint density at radius 2 is 1.31 bits per heavy atom. The van der Waals surface area contributed by atoms with E-state index in [9.17, 15) is 28.8 Å². The van der Waals surface area contributed by atoms with Gasteiger partial charge in [-0.1, -0.05) is 13.8 Å². The molecule has 0 saturated carbocycles. The number of thiol groups is 1. The van der Waals surface area contributed by atoms with E-state index in [0.29, 0.717) is 0 Å². The number of carbonyl (C=O) groups excluding carboxylic acids is 3. The Hall–Kier alpha value is -2.87. The van der Waals surface area contributed by atoms with Crippen LogP contribution < -0.4 is 21.7 Å². The van der Waals surface area contributed by atoms with Gasteiger partial charge in [-0.25, -0.2) is 4.79 Å². The van der Waals surface area contributed by atoms with Crippen molar-refractivity contribution in [2.24, 2.45) is 11.7 Å². The van der Waals surface area contributed by atoms with Crippen molar-refractivity contribution in [3.05, 3.63) is 0 Å². The van der Waals surface area contributed by atoms with Crippen molar-refractivity contribution in [3.63, 3.8) is 0 Å². The number of hydrogen-bond donors (Lipinski definition) is 8. The van der Waals surface area contributed by atoms with E-state index in [1.54, 1.807) is 13.8 Å². The van der Waals surface area contributed by atoms with Gasteiger partial charge in [-0.15, -0.1) is 0 Å². The largest absolute Gasteiger partial charge is 0.481 e. The predicted molar refractivity (Wildman–Crippen MR) is 114 cm³/mol. The molecule has 8 N–H and O–H groups in total. The van der Waals surface area contributed by atoms with Crippen LogP contribution in [0, 0.1) is 5.92 Å². The molecule has 32 heavy (non-hydrogen) atoms. The van der Waals surface area contributed by atoms with Crippen molar-refractivity contribution >= 4 is 48.3 Å². The number of nitrogens with one attached hydrogen (secondary N) is 3. The standard InChI is InChI=1S/C18H30N4O9S/c1-8(2)5-11(21-15(27)9(19)6-14(25)26)17(29)20-10(3-4-13(23)24)16(28)22-12(7-32)18(30)31/h8-12,32H,3-7,19H2,1-2H3,(H,20,29)(H,21,27)(H,22,28)(H,23,24)(H,25,26)(H,30,31). The minimum absolute atomic E-state index is 0.103. The van der Waals surface area contributed by atoms with Gasteiger partial charge < -0.3 is 37.0 Å². The molecule has 4 unspecified atom stereocenters. The van der Waals surface area contributed by atoms with Crippen LogP contribution in [0.5, 0.6) is 0 Å². The van der Waals surface area contributed by atoms with Crippen LogP contribution >= 0.6 is 12.6 Å². The molecule has 0 saturated heterocycles. The van der Waals surface area contributed by atoms with Gasteiger partial charge in [-0.3, -0.25) is 24.0 Å². The number of nitrogens with two attached hydrogens (primary N) is 1. The van der Waals surface area contributed by atoms with Gasteiger partial charge in [0.15, 0.2) is 0 Å². The van der Waals surface area contributed by atoms with Gasteiger partial charge in [-0.05, 0) is 18.8 Å². The zero-order valence-corrected chi connectivity index (χ0v) is 18.6. The third kappa shape index (κ3) is 11.5. The van der Waals surface area contributed by atoms with Crippen LogP contribution in [0.25, 0.3) is 0 Å². The monoisotopic (exact) mass is 478 g/mol. The summed E-state index contributed by atoms with van der Waals surface area (Å²) in [5.41, 5.74) is 5.51. The van der Waals surface area contributed by atoms with Gasteiger partial charge in [0.2, 0.25) is 17.7 Å². The summed E-state index contributed by atoms with van der Waals surface area (Å²) < 4.78 is 0. The second-order valence-electron chi connectivity index (χ2n) is 7.47. The number of rotatable bonds is 15. The average molecular weight is 479 g/mol. The van der Waals surface area contributed by atoms with Crippen molar-refractivity contribution < 1.29 is 44.1 Å². The first-order chi connectivity index (χ1) is 14.8. The lowest BCUT2D eigenvalue weighted by Crippen LogP contribution is -2.57. The fourth-order valence-electron chi connectivity index (χ4n) is 2.53. The van der Waals surface area contributed by atoms with E-state index < -0.39 is 72.6 Å². The quantitative estimate of drug-likeness (QED) is 0.123. The maximum Gasteiger partial charge on any atom is 0.327 e. The highest BCUT2D eigenvalue weighted by atomic mass is 32.1. The van der Waals surface area contributed by atoms with Crippen LogP contribution in [0.4, 0.5) is 0 Å². The summed E-state index contributed by atoms with van der Waals surface area (Å²) in [6, 6.07) is -5.37. The lowest BCUT2D eigenvalue weighted by molar-refractivity contribution is -0.142. The van der Waals surface area contributed by atoms with E-state index in [-0.39, 0.29) is 24.5 Å². The number of carbonyl (C=O) groups is 6. The summed E-state index contributed by atoms with van der Waals surface area (Å²) in [5.74, 6) is -6.92. The highest BCUT2D eigenvalue weighted by molar-refractivity contribution is 7.80. The van der Waals surface area contributed by atoms with Crippen LogP contribution in [-0.2, 0) is 28.8 Å². The SMILES string of the molecule is CC(C)CC(NC(=O)C(N)CC(=O)O)C(=O)NC(CCC(=O)O)C(=O)NC(CS)C(=O)O. The minimum Gasteiger partial charge on any atom is -0.481 e. The van der Waals surface area contributed by atoms with Gasteiger partial charge in [0.1, 0.15) is 18.1 Å². The first-order valence-electron chi connectivity index (χ1n) is 9.72. The fourth-order valence-corrected chi connectivity index (χ4v) is 2.78. The van der Waals surface area contributed by atoms with Gasteiger partial charge in [0.25, 0.3) is 0 Å². The zero-order chi connectivity index (χ0) is 25.0. The molecule has 0 bridgehead atoms. The zero-order valence-electron chi connectivity index (χ0n) is 17.7. The Balaban J connectivity index is 5.49. The van der Waals surface area contributed by atoms with Crippen molar-refractivity contribution in [1.82, 2.24) is 16.0 Å². The number of carboxylic acid groups (broad SMARTS) is 3. The Morgan fingerprint density at radius 3 is 1.75 bits per heavy atom. The van der Waals surface area contributed by atoms with Crippen LogP contribution in [0.2, 0.25) is 0 Å². The second-order valence-corrected chi connectivity index (χ2v) is 7.84. The van der Waals surface area contributed by atoms with Gasteiger partial charge in [-0.2, -0.15) is 12.6 Å². The van der Waals surface area contributed by atoms with E-state index in [1.807, 2.05) is 0 Å². The predicted octanol–water partition coefficient (Wildman–Crippen LogP) is -1.83. The molecule has 0 aromatic rings. The maximum absolute atomic E-state index is 12.8. The normalized spacial score (nSPS) is 14.5. The third-order valence-electron chi connectivity index (χ3n) is 4.15. The van der Waals surface area contributed by atoms with Gasteiger partial charge in [0, 0.05) is 12.2 Å². The Kier molecular flexibility index (Phi) is 13.0. The summed E-state index contributed by atoms with van der Waals surface area (Å²) in [4.78, 5) is 70.2. The smallest absolute Gasteiger partial charge is 0.327 e. The highest BCUT2D eigenvalue weighted by Gasteiger charge is 2.31.